The van der Waals surface area contributed by atoms with Crippen LogP contribution in [-0.2, 0) is 20.1 Å². The van der Waals surface area contributed by atoms with Crippen LogP contribution in [0.1, 0.15) is 29.1 Å². The third kappa shape index (κ3) is 5.26. The molecule has 0 N–H and O–H groups in total. The Morgan fingerprint density at radius 2 is 2.00 bits per heavy atom. The lowest BCUT2D eigenvalue weighted by Gasteiger charge is -2.29. The molecule has 1 fully saturated rings. The van der Waals surface area contributed by atoms with Gasteiger partial charge in [0.25, 0.3) is 0 Å². The molecule has 2 aromatic heterocycles. The van der Waals surface area contributed by atoms with Crippen molar-refractivity contribution < 1.29 is 9.47 Å². The van der Waals surface area contributed by atoms with Gasteiger partial charge in [-0.3, -0.25) is 4.90 Å². The number of thiophene rings is 1. The first kappa shape index (κ1) is 24.5. The minimum Gasteiger partial charge on any atom is -0.489 e. The van der Waals surface area contributed by atoms with E-state index >= 15 is 0 Å². The summed E-state index contributed by atoms with van der Waals surface area (Å²) in [6.45, 7) is 8.24. The molecule has 4 heterocycles. The Bertz CT molecular complexity index is 1390. The van der Waals surface area contributed by atoms with Gasteiger partial charge in [-0.15, -0.1) is 11.3 Å². The fourth-order valence-corrected chi connectivity index (χ4v) is 6.52. The Kier molecular flexibility index (Phi) is 6.93. The first-order valence-electron chi connectivity index (χ1n) is 13.3. The summed E-state index contributed by atoms with van der Waals surface area (Å²) in [6, 6.07) is 17.3. The summed E-state index contributed by atoms with van der Waals surface area (Å²) in [7, 11) is 4.32. The SMILES string of the molecule is Cc1ccc(-c2cc3c(c(OCC4CCCN(C)C4)c2)OCCN(Cc2nc4ccccc4n2C)C3)s1. The second-order valence-corrected chi connectivity index (χ2v) is 11.9. The van der Waals surface area contributed by atoms with E-state index in [0.29, 0.717) is 12.5 Å². The molecule has 0 aliphatic carbocycles. The van der Waals surface area contributed by atoms with Gasteiger partial charge in [0.15, 0.2) is 11.5 Å². The highest BCUT2D eigenvalue weighted by Crippen LogP contribution is 2.41. The van der Waals surface area contributed by atoms with Gasteiger partial charge in [0.2, 0.25) is 0 Å². The highest BCUT2D eigenvalue weighted by molar-refractivity contribution is 7.15. The molecule has 1 saturated heterocycles. The van der Waals surface area contributed by atoms with Crippen molar-refractivity contribution in [3.05, 3.63) is 64.8 Å². The van der Waals surface area contributed by atoms with Crippen molar-refractivity contribution in [1.82, 2.24) is 19.4 Å². The maximum Gasteiger partial charge on any atom is 0.165 e. The van der Waals surface area contributed by atoms with E-state index in [0.717, 1.165) is 55.6 Å². The van der Waals surface area contributed by atoms with E-state index in [1.807, 2.05) is 11.3 Å². The number of benzene rings is 2. The minimum atomic E-state index is 0.557. The summed E-state index contributed by atoms with van der Waals surface area (Å²) in [4.78, 5) is 12.4. The van der Waals surface area contributed by atoms with Crippen molar-refractivity contribution in [3.63, 3.8) is 0 Å². The minimum absolute atomic E-state index is 0.557. The third-order valence-electron chi connectivity index (χ3n) is 7.65. The van der Waals surface area contributed by atoms with Crippen molar-refractivity contribution >= 4 is 22.4 Å². The fourth-order valence-electron chi connectivity index (χ4n) is 5.67. The summed E-state index contributed by atoms with van der Waals surface area (Å²) in [5.74, 6) is 3.43. The molecule has 0 amide bonds. The number of hydrogen-bond acceptors (Lipinski definition) is 6. The highest BCUT2D eigenvalue weighted by Gasteiger charge is 2.24. The van der Waals surface area contributed by atoms with Crippen molar-refractivity contribution in [1.29, 1.82) is 0 Å². The zero-order valence-corrected chi connectivity index (χ0v) is 22.9. The molecule has 0 spiro atoms. The standard InChI is InChI=1S/C30H36N4O2S/c1-21-10-11-28(37-21)23-15-24-18-34(19-29-31-25-8-4-5-9-26(25)33(29)3)13-14-35-30(24)27(16-23)36-20-22-7-6-12-32(2)17-22/h4-5,8-11,15-16,22H,6-7,12-14,17-20H2,1-3H3. The van der Waals surface area contributed by atoms with Gasteiger partial charge >= 0.3 is 0 Å². The molecule has 0 saturated carbocycles. The van der Waals surface area contributed by atoms with Crippen LogP contribution in [-0.4, -0.2) is 59.2 Å². The van der Waals surface area contributed by atoms with Crippen LogP contribution in [0, 0.1) is 12.8 Å². The summed E-state index contributed by atoms with van der Waals surface area (Å²) in [5, 5.41) is 0. The second-order valence-electron chi connectivity index (χ2n) is 10.6. The predicted octanol–water partition coefficient (Wildman–Crippen LogP) is 5.73. The number of para-hydroxylation sites is 2. The number of rotatable bonds is 6. The maximum atomic E-state index is 6.55. The summed E-state index contributed by atoms with van der Waals surface area (Å²) < 4.78 is 15.2. The second kappa shape index (κ2) is 10.5. The molecule has 2 aliphatic heterocycles. The van der Waals surface area contributed by atoms with Gasteiger partial charge in [-0.05, 0) is 75.3 Å². The average Bonchev–Trinajstić information content (AvgIpc) is 3.39. The molecule has 1 unspecified atom stereocenters. The fraction of sp³-hybridized carbons (Fsp3) is 0.433. The number of nitrogens with zero attached hydrogens (tertiary/aromatic N) is 4. The van der Waals surface area contributed by atoms with E-state index in [-0.39, 0.29) is 0 Å². The van der Waals surface area contributed by atoms with Gasteiger partial charge in [-0.25, -0.2) is 4.98 Å². The first-order valence-corrected chi connectivity index (χ1v) is 14.2. The lowest BCUT2D eigenvalue weighted by atomic mass is 9.99. The first-order chi connectivity index (χ1) is 18.0. The molecule has 7 heteroatoms. The molecule has 1 atom stereocenters. The van der Waals surface area contributed by atoms with Crippen molar-refractivity contribution in [3.8, 4) is 21.9 Å². The summed E-state index contributed by atoms with van der Waals surface area (Å²) >= 11 is 1.83. The van der Waals surface area contributed by atoms with Crippen LogP contribution in [0.4, 0.5) is 0 Å². The van der Waals surface area contributed by atoms with E-state index in [4.69, 9.17) is 14.5 Å². The lowest BCUT2D eigenvalue weighted by Crippen LogP contribution is -2.34. The molecule has 0 radical (unpaired) electrons. The monoisotopic (exact) mass is 516 g/mol. The molecule has 6 nitrogen and oxygen atoms in total. The van der Waals surface area contributed by atoms with Crippen molar-refractivity contribution in [2.24, 2.45) is 13.0 Å². The van der Waals surface area contributed by atoms with Crippen LogP contribution < -0.4 is 9.47 Å². The van der Waals surface area contributed by atoms with Gasteiger partial charge in [0, 0.05) is 47.9 Å². The van der Waals surface area contributed by atoms with Gasteiger partial charge in [0.1, 0.15) is 12.4 Å². The number of fused-ring (bicyclic) bond motifs is 2. The topological polar surface area (TPSA) is 42.8 Å². The summed E-state index contributed by atoms with van der Waals surface area (Å²) in [6.07, 6.45) is 2.47. The number of ether oxygens (including phenoxy) is 2. The number of piperidine rings is 1. The Morgan fingerprint density at radius 3 is 2.81 bits per heavy atom. The summed E-state index contributed by atoms with van der Waals surface area (Å²) in [5.41, 5.74) is 4.62. The molecule has 37 heavy (non-hydrogen) atoms. The normalized spacial score (nSPS) is 18.9. The van der Waals surface area contributed by atoms with Gasteiger partial charge < -0.3 is 18.9 Å². The number of hydrogen-bond donors (Lipinski definition) is 0. The molecule has 2 aromatic carbocycles. The van der Waals surface area contributed by atoms with Gasteiger partial charge in [0.05, 0.1) is 24.2 Å². The van der Waals surface area contributed by atoms with E-state index in [9.17, 15) is 0 Å². The van der Waals surface area contributed by atoms with E-state index < -0.39 is 0 Å². The van der Waals surface area contributed by atoms with Crippen LogP contribution >= 0.6 is 11.3 Å². The third-order valence-corrected chi connectivity index (χ3v) is 8.70. The largest absolute Gasteiger partial charge is 0.489 e. The Hall–Kier alpha value is -2.87. The molecule has 6 rings (SSSR count). The predicted molar refractivity (Wildman–Crippen MR) is 151 cm³/mol. The zero-order valence-electron chi connectivity index (χ0n) is 22.1. The quantitative estimate of drug-likeness (QED) is 0.328. The molecule has 0 bridgehead atoms. The average molecular weight is 517 g/mol. The van der Waals surface area contributed by atoms with Gasteiger partial charge in [-0.1, -0.05) is 12.1 Å². The maximum absolute atomic E-state index is 6.55. The van der Waals surface area contributed by atoms with E-state index in [2.05, 4.69) is 83.9 Å². The Labute approximate surface area is 223 Å². The Balaban J connectivity index is 1.29. The van der Waals surface area contributed by atoms with Crippen LogP contribution in [0.3, 0.4) is 0 Å². The lowest BCUT2D eigenvalue weighted by molar-refractivity contribution is 0.146. The molecule has 4 aromatic rings. The number of aryl methyl sites for hydroxylation is 2. The number of aromatic nitrogens is 2. The highest BCUT2D eigenvalue weighted by atomic mass is 32.1. The number of imidazole rings is 1. The van der Waals surface area contributed by atoms with E-state index in [1.165, 1.54) is 45.8 Å². The molecule has 2 aliphatic rings. The molecular formula is C30H36N4O2S. The number of likely N-dealkylation sites (tertiary alicyclic amines) is 1. The van der Waals surface area contributed by atoms with Crippen LogP contribution in [0.2, 0.25) is 0 Å². The van der Waals surface area contributed by atoms with Crippen LogP contribution in [0.5, 0.6) is 11.5 Å². The molecule has 194 valence electrons. The van der Waals surface area contributed by atoms with Crippen LogP contribution in [0.25, 0.3) is 21.5 Å². The van der Waals surface area contributed by atoms with E-state index in [1.54, 1.807) is 0 Å². The zero-order chi connectivity index (χ0) is 25.4. The smallest absolute Gasteiger partial charge is 0.165 e. The van der Waals surface area contributed by atoms with Crippen molar-refractivity contribution in [2.75, 3.05) is 39.9 Å². The molecular weight excluding hydrogens is 480 g/mol. The van der Waals surface area contributed by atoms with Crippen molar-refractivity contribution in [2.45, 2.75) is 32.9 Å². The van der Waals surface area contributed by atoms with Crippen LogP contribution in [0.15, 0.2) is 48.5 Å². The Morgan fingerprint density at radius 1 is 1.11 bits per heavy atom. The van der Waals surface area contributed by atoms with Gasteiger partial charge in [-0.2, -0.15) is 0 Å².